The SMILES string of the molecule is c1ccc(-c2ccc(-c3ccccc3)nc2)cc1.c1ccc(-c2ccc(-c3ccccn3)cc2)cc1.c1ccc(-c2cccc(-c3ccccn3)c2)cc1.c1ccc(-c2cccc3ccccc23)nc1.c1ccc(-c2nccc3ccccc23)cc1. The number of fused-ring (bicyclic) bond motifs is 2. The Morgan fingerprint density at radius 2 is 0.547 bits per heavy atom. The summed E-state index contributed by atoms with van der Waals surface area (Å²) < 4.78 is 0. The third-order valence-electron chi connectivity index (χ3n) is 14.3. The minimum absolute atomic E-state index is 1.01. The third-order valence-corrected chi connectivity index (χ3v) is 14.3. The molecular weight excluding hydrogens is 1040 g/mol. The van der Waals surface area contributed by atoms with Crippen molar-refractivity contribution in [2.24, 2.45) is 0 Å². The number of pyridine rings is 5. The van der Waals surface area contributed by atoms with E-state index < -0.39 is 0 Å². The van der Waals surface area contributed by atoms with Crippen LogP contribution in [0.25, 0.3) is 111 Å². The fourth-order valence-electron chi connectivity index (χ4n) is 9.91. The first kappa shape index (κ1) is 56.3. The standard InChI is InChI=1S/3C17H13N.2C15H11N/c1-3-7-14(8-4-1)16-11-12-17(18-13-16)15-9-5-2-6-10-15;1-2-7-14(8-3-1)15-9-6-10-16(13-15)17-11-4-5-12-18-17;1-2-6-14(7-3-1)15-9-11-16(12-10-15)17-8-4-5-13-18-17;1-2-8-13-12(6-1)7-5-9-14(13)15-10-3-4-11-16-15;1-2-7-13(8-3-1)15-14-9-5-4-6-12(14)10-11-16-15/h3*1-13H;2*1-11H. The summed E-state index contributed by atoms with van der Waals surface area (Å²) >= 11 is 0. The van der Waals surface area contributed by atoms with Gasteiger partial charge >= 0.3 is 0 Å². The van der Waals surface area contributed by atoms with Crippen LogP contribution in [-0.4, -0.2) is 24.9 Å². The van der Waals surface area contributed by atoms with E-state index in [1.807, 2.05) is 158 Å². The van der Waals surface area contributed by atoms with Gasteiger partial charge in [0, 0.05) is 69.8 Å². The second-order valence-corrected chi connectivity index (χ2v) is 20.0. The topological polar surface area (TPSA) is 64.5 Å². The molecule has 410 valence electrons. The number of benzene rings is 10. The molecule has 0 aliphatic heterocycles. The van der Waals surface area contributed by atoms with E-state index in [-0.39, 0.29) is 0 Å². The van der Waals surface area contributed by atoms with Crippen molar-refractivity contribution in [2.75, 3.05) is 0 Å². The van der Waals surface area contributed by atoms with E-state index in [0.717, 1.165) is 50.7 Å². The van der Waals surface area contributed by atoms with Crippen LogP contribution in [0.3, 0.4) is 0 Å². The average Bonchev–Trinajstić information content (AvgIpc) is 3.56. The van der Waals surface area contributed by atoms with Crippen molar-refractivity contribution in [3.05, 3.63) is 371 Å². The molecule has 10 aromatic carbocycles. The van der Waals surface area contributed by atoms with Crippen LogP contribution in [0, 0.1) is 0 Å². The highest BCUT2D eigenvalue weighted by Gasteiger charge is 2.07. The third kappa shape index (κ3) is 15.1. The van der Waals surface area contributed by atoms with Crippen LogP contribution >= 0.6 is 0 Å². The molecule has 0 aliphatic carbocycles. The Balaban J connectivity index is 0.000000112. The van der Waals surface area contributed by atoms with Crippen LogP contribution < -0.4 is 0 Å². The van der Waals surface area contributed by atoms with E-state index in [2.05, 4.69) is 237 Å². The first-order chi connectivity index (χ1) is 42.7. The predicted molar refractivity (Wildman–Crippen MR) is 360 cm³/mol. The molecule has 0 fully saturated rings. The first-order valence-electron chi connectivity index (χ1n) is 28.7. The Morgan fingerprint density at radius 1 is 0.174 bits per heavy atom. The fraction of sp³-hybridized carbons (Fsp3) is 0. The highest BCUT2D eigenvalue weighted by molar-refractivity contribution is 5.96. The largest absolute Gasteiger partial charge is 0.256 e. The molecule has 0 atom stereocenters. The Bertz CT molecular complexity index is 4030. The van der Waals surface area contributed by atoms with E-state index in [1.165, 1.54) is 60.5 Å². The molecule has 0 N–H and O–H groups in total. The van der Waals surface area contributed by atoms with E-state index in [9.17, 15) is 0 Å². The zero-order chi connectivity index (χ0) is 58.2. The molecule has 86 heavy (non-hydrogen) atoms. The van der Waals surface area contributed by atoms with Crippen LogP contribution in [0.2, 0.25) is 0 Å². The normalized spacial score (nSPS) is 10.3. The van der Waals surface area contributed by atoms with Crippen LogP contribution in [0.5, 0.6) is 0 Å². The zero-order valence-corrected chi connectivity index (χ0v) is 47.5. The molecule has 15 rings (SSSR count). The molecule has 5 aromatic heterocycles. The van der Waals surface area contributed by atoms with Gasteiger partial charge in [-0.1, -0.05) is 285 Å². The minimum atomic E-state index is 1.01. The maximum absolute atomic E-state index is 4.53. The number of rotatable bonds is 8. The molecule has 0 amide bonds. The highest BCUT2D eigenvalue weighted by Crippen LogP contribution is 2.30. The molecule has 15 aromatic rings. The second kappa shape index (κ2) is 29.4. The molecule has 0 radical (unpaired) electrons. The molecule has 0 saturated carbocycles. The van der Waals surface area contributed by atoms with Crippen LogP contribution in [0.15, 0.2) is 371 Å². The van der Waals surface area contributed by atoms with Gasteiger partial charge < -0.3 is 0 Å². The monoisotopic (exact) mass is 1100 g/mol. The van der Waals surface area contributed by atoms with Crippen molar-refractivity contribution < 1.29 is 0 Å². The fourth-order valence-corrected chi connectivity index (χ4v) is 9.91. The second-order valence-electron chi connectivity index (χ2n) is 20.0. The Hall–Kier alpha value is -11.5. The highest BCUT2D eigenvalue weighted by atomic mass is 14.7. The lowest BCUT2D eigenvalue weighted by Crippen LogP contribution is -1.84. The molecule has 0 aliphatic rings. The van der Waals surface area contributed by atoms with Crippen molar-refractivity contribution in [1.82, 2.24) is 24.9 Å². The smallest absolute Gasteiger partial charge is 0.0780 e. The lowest BCUT2D eigenvalue weighted by Gasteiger charge is -2.05. The van der Waals surface area contributed by atoms with Gasteiger partial charge in [0.25, 0.3) is 0 Å². The number of nitrogens with zero attached hydrogens (tertiary/aromatic N) is 5. The van der Waals surface area contributed by atoms with Crippen molar-refractivity contribution in [2.45, 2.75) is 0 Å². The van der Waals surface area contributed by atoms with Crippen molar-refractivity contribution >= 4 is 21.5 Å². The summed E-state index contributed by atoms with van der Waals surface area (Å²) in [4.78, 5) is 22.1. The van der Waals surface area contributed by atoms with Gasteiger partial charge in [-0.15, -0.1) is 0 Å². The van der Waals surface area contributed by atoms with E-state index in [0.29, 0.717) is 0 Å². The number of hydrogen-bond acceptors (Lipinski definition) is 5. The Morgan fingerprint density at radius 3 is 1.10 bits per heavy atom. The molecule has 5 nitrogen and oxygen atoms in total. The van der Waals surface area contributed by atoms with Gasteiger partial charge in [0.2, 0.25) is 0 Å². The lowest BCUT2D eigenvalue weighted by atomic mass is 10.0. The molecule has 5 heterocycles. The molecular formula is C81H61N5. The van der Waals surface area contributed by atoms with Crippen molar-refractivity contribution in [1.29, 1.82) is 0 Å². The van der Waals surface area contributed by atoms with Gasteiger partial charge in [-0.05, 0) is 98.6 Å². The van der Waals surface area contributed by atoms with Gasteiger partial charge in [0.1, 0.15) is 0 Å². The van der Waals surface area contributed by atoms with E-state index in [1.54, 1.807) is 0 Å². The Kier molecular flexibility index (Phi) is 19.3. The first-order valence-corrected chi connectivity index (χ1v) is 28.7. The van der Waals surface area contributed by atoms with Crippen LogP contribution in [0.1, 0.15) is 0 Å². The van der Waals surface area contributed by atoms with Gasteiger partial charge in [-0.3, -0.25) is 24.9 Å². The van der Waals surface area contributed by atoms with Crippen molar-refractivity contribution in [3.8, 4) is 89.7 Å². The van der Waals surface area contributed by atoms with Gasteiger partial charge in [0.05, 0.1) is 28.5 Å². The summed E-state index contributed by atoms with van der Waals surface area (Å²) in [6.07, 6.45) is 9.27. The van der Waals surface area contributed by atoms with Crippen molar-refractivity contribution in [3.63, 3.8) is 0 Å². The van der Waals surface area contributed by atoms with E-state index in [4.69, 9.17) is 0 Å². The molecule has 0 unspecified atom stereocenters. The maximum atomic E-state index is 4.53. The Labute approximate surface area is 504 Å². The maximum Gasteiger partial charge on any atom is 0.0780 e. The summed E-state index contributed by atoms with van der Waals surface area (Å²) in [6.45, 7) is 0. The summed E-state index contributed by atoms with van der Waals surface area (Å²) in [6, 6.07) is 116. The number of hydrogen-bond donors (Lipinski definition) is 0. The summed E-state index contributed by atoms with van der Waals surface area (Å²) in [5, 5.41) is 4.95. The molecule has 0 saturated heterocycles. The van der Waals surface area contributed by atoms with E-state index >= 15 is 0 Å². The van der Waals surface area contributed by atoms with Gasteiger partial charge in [-0.25, -0.2) is 0 Å². The molecule has 0 spiro atoms. The predicted octanol–water partition coefficient (Wildman–Crippen LogP) is 21.1. The quantitative estimate of drug-likeness (QED) is 0.152. The summed E-state index contributed by atoms with van der Waals surface area (Å²) in [7, 11) is 0. The lowest BCUT2D eigenvalue weighted by molar-refractivity contribution is 1.32. The molecule has 0 bridgehead atoms. The average molecular weight is 1100 g/mol. The zero-order valence-electron chi connectivity index (χ0n) is 47.5. The van der Waals surface area contributed by atoms with Gasteiger partial charge in [-0.2, -0.15) is 0 Å². The number of aromatic nitrogens is 5. The van der Waals surface area contributed by atoms with Gasteiger partial charge in [0.15, 0.2) is 0 Å². The minimum Gasteiger partial charge on any atom is -0.256 e. The van der Waals surface area contributed by atoms with Crippen LogP contribution in [-0.2, 0) is 0 Å². The summed E-state index contributed by atoms with van der Waals surface area (Å²) in [5.41, 5.74) is 18.2. The van der Waals surface area contributed by atoms with Crippen LogP contribution in [0.4, 0.5) is 0 Å². The molecule has 5 heteroatoms. The summed E-state index contributed by atoms with van der Waals surface area (Å²) in [5.74, 6) is 0.